The van der Waals surface area contributed by atoms with E-state index in [-0.39, 0.29) is 33.3 Å². The standard InChI is InChI=1S/C20H21Cl2N3O4S/c1-13(26)23-16-5-2-6-17(11-16)24-20(27)14-4-3-9-25(12-14)30(28,29)19-10-15(21)7-8-18(19)22/h2,5-8,10-11,14H,3-4,9,12H2,1H3,(H,23,26)(H,24,27)/t14-/m1/s1. The molecular formula is C20H21Cl2N3O4S. The van der Waals surface area contributed by atoms with Gasteiger partial charge in [0.05, 0.1) is 10.9 Å². The van der Waals surface area contributed by atoms with Crippen LogP contribution in [0.3, 0.4) is 0 Å². The quantitative estimate of drug-likeness (QED) is 0.691. The van der Waals surface area contributed by atoms with Crippen LogP contribution < -0.4 is 10.6 Å². The molecule has 0 aromatic heterocycles. The van der Waals surface area contributed by atoms with Gasteiger partial charge in [-0.1, -0.05) is 29.3 Å². The molecule has 2 aromatic rings. The molecule has 1 saturated heterocycles. The summed E-state index contributed by atoms with van der Waals surface area (Å²) < 4.78 is 27.4. The van der Waals surface area contributed by atoms with E-state index < -0.39 is 15.9 Å². The third-order valence-corrected chi connectivity index (χ3v) is 7.30. The number of carbonyl (C=O) groups is 2. The normalized spacial score (nSPS) is 17.4. The maximum Gasteiger partial charge on any atom is 0.244 e. The molecule has 1 heterocycles. The Morgan fingerprint density at radius 2 is 1.77 bits per heavy atom. The zero-order chi connectivity index (χ0) is 21.9. The Kier molecular flexibility index (Phi) is 7.02. The van der Waals surface area contributed by atoms with E-state index in [2.05, 4.69) is 10.6 Å². The summed E-state index contributed by atoms with van der Waals surface area (Å²) in [6.07, 6.45) is 1.11. The van der Waals surface area contributed by atoms with Gasteiger partial charge in [0.25, 0.3) is 0 Å². The number of rotatable bonds is 5. The smallest absolute Gasteiger partial charge is 0.244 e. The van der Waals surface area contributed by atoms with Crippen molar-refractivity contribution in [3.05, 3.63) is 52.5 Å². The molecule has 2 N–H and O–H groups in total. The molecule has 160 valence electrons. The Bertz CT molecular complexity index is 1080. The van der Waals surface area contributed by atoms with Crippen LogP contribution in [0.15, 0.2) is 47.4 Å². The number of hydrogen-bond donors (Lipinski definition) is 2. The van der Waals surface area contributed by atoms with Crippen molar-refractivity contribution in [3.8, 4) is 0 Å². The summed E-state index contributed by atoms with van der Waals surface area (Å²) >= 11 is 12.0. The zero-order valence-corrected chi connectivity index (χ0v) is 18.5. The molecule has 2 aromatic carbocycles. The number of benzene rings is 2. The maximum absolute atomic E-state index is 13.0. The van der Waals surface area contributed by atoms with Crippen LogP contribution in [0.4, 0.5) is 11.4 Å². The fourth-order valence-corrected chi connectivity index (χ4v) is 5.57. The van der Waals surface area contributed by atoms with Crippen LogP contribution in [0, 0.1) is 5.92 Å². The number of sulfonamides is 1. The first-order valence-electron chi connectivity index (χ1n) is 9.30. The van der Waals surface area contributed by atoms with Crippen molar-refractivity contribution in [2.45, 2.75) is 24.7 Å². The number of piperidine rings is 1. The molecule has 30 heavy (non-hydrogen) atoms. The van der Waals surface area contributed by atoms with Gasteiger partial charge in [0, 0.05) is 36.4 Å². The second kappa shape index (κ2) is 9.34. The molecule has 2 amide bonds. The third-order valence-electron chi connectivity index (χ3n) is 4.72. The summed E-state index contributed by atoms with van der Waals surface area (Å²) in [6.45, 7) is 1.74. The highest BCUT2D eigenvalue weighted by molar-refractivity contribution is 7.89. The second-order valence-electron chi connectivity index (χ2n) is 7.03. The average Bonchev–Trinajstić information content (AvgIpc) is 2.69. The van der Waals surface area contributed by atoms with Gasteiger partial charge in [0.1, 0.15) is 4.90 Å². The summed E-state index contributed by atoms with van der Waals surface area (Å²) in [5.74, 6) is -1.02. The predicted octanol–water partition coefficient (Wildman–Crippen LogP) is 3.99. The minimum absolute atomic E-state index is 0.0440. The van der Waals surface area contributed by atoms with Crippen LogP contribution in [0.2, 0.25) is 10.0 Å². The van der Waals surface area contributed by atoms with Gasteiger partial charge in [-0.3, -0.25) is 9.59 Å². The number of anilines is 2. The number of amides is 2. The molecule has 0 radical (unpaired) electrons. The first-order chi connectivity index (χ1) is 14.2. The van der Waals surface area contributed by atoms with Crippen molar-refractivity contribution < 1.29 is 18.0 Å². The molecule has 0 unspecified atom stereocenters. The van der Waals surface area contributed by atoms with Crippen LogP contribution in [-0.2, 0) is 19.6 Å². The number of carbonyl (C=O) groups excluding carboxylic acids is 2. The third kappa shape index (κ3) is 5.31. The highest BCUT2D eigenvalue weighted by atomic mass is 35.5. The zero-order valence-electron chi connectivity index (χ0n) is 16.2. The van der Waals surface area contributed by atoms with Crippen molar-refractivity contribution in [3.63, 3.8) is 0 Å². The van der Waals surface area contributed by atoms with Gasteiger partial charge >= 0.3 is 0 Å². The molecular weight excluding hydrogens is 449 g/mol. The highest BCUT2D eigenvalue weighted by Crippen LogP contribution is 2.30. The van der Waals surface area contributed by atoms with Crippen molar-refractivity contribution in [2.24, 2.45) is 5.92 Å². The van der Waals surface area contributed by atoms with Crippen molar-refractivity contribution in [2.75, 3.05) is 23.7 Å². The van der Waals surface area contributed by atoms with Gasteiger partial charge in [-0.15, -0.1) is 0 Å². The van der Waals surface area contributed by atoms with E-state index in [0.29, 0.717) is 30.8 Å². The lowest BCUT2D eigenvalue weighted by Gasteiger charge is -2.31. The first-order valence-corrected chi connectivity index (χ1v) is 11.5. The summed E-state index contributed by atoms with van der Waals surface area (Å²) in [4.78, 5) is 23.9. The van der Waals surface area contributed by atoms with E-state index in [1.54, 1.807) is 24.3 Å². The highest BCUT2D eigenvalue weighted by Gasteiger charge is 2.34. The minimum Gasteiger partial charge on any atom is -0.326 e. The molecule has 1 fully saturated rings. The van der Waals surface area contributed by atoms with Crippen LogP contribution in [0.25, 0.3) is 0 Å². The fraction of sp³-hybridized carbons (Fsp3) is 0.300. The lowest BCUT2D eigenvalue weighted by molar-refractivity contribution is -0.121. The minimum atomic E-state index is -3.89. The van der Waals surface area contributed by atoms with Crippen molar-refractivity contribution in [1.29, 1.82) is 0 Å². The van der Waals surface area contributed by atoms with E-state index in [4.69, 9.17) is 23.2 Å². The second-order valence-corrected chi connectivity index (χ2v) is 9.78. The molecule has 7 nitrogen and oxygen atoms in total. The molecule has 1 atom stereocenters. The van der Waals surface area contributed by atoms with E-state index in [1.807, 2.05) is 0 Å². The van der Waals surface area contributed by atoms with E-state index in [1.165, 1.54) is 29.4 Å². The van der Waals surface area contributed by atoms with Gasteiger partial charge in [-0.2, -0.15) is 4.31 Å². The first kappa shape index (κ1) is 22.6. The Labute approximate surface area is 185 Å². The lowest BCUT2D eigenvalue weighted by Crippen LogP contribution is -2.43. The number of halogens is 2. The topological polar surface area (TPSA) is 95.6 Å². The van der Waals surface area contributed by atoms with Crippen molar-refractivity contribution >= 4 is 56.4 Å². The number of nitrogens with one attached hydrogen (secondary N) is 2. The maximum atomic E-state index is 13.0. The van der Waals surface area contributed by atoms with Gasteiger partial charge in [0.15, 0.2) is 0 Å². The number of hydrogen-bond acceptors (Lipinski definition) is 4. The molecule has 1 aliphatic heterocycles. The van der Waals surface area contributed by atoms with Gasteiger partial charge in [-0.25, -0.2) is 8.42 Å². The molecule has 3 rings (SSSR count). The predicted molar refractivity (Wildman–Crippen MR) is 117 cm³/mol. The van der Waals surface area contributed by atoms with Crippen LogP contribution in [0.5, 0.6) is 0 Å². The molecule has 10 heteroatoms. The van der Waals surface area contributed by atoms with Crippen LogP contribution in [0.1, 0.15) is 19.8 Å². The van der Waals surface area contributed by atoms with Crippen LogP contribution in [-0.4, -0.2) is 37.6 Å². The van der Waals surface area contributed by atoms with Gasteiger partial charge in [0.2, 0.25) is 21.8 Å². The summed E-state index contributed by atoms with van der Waals surface area (Å²) in [5, 5.41) is 5.80. The monoisotopic (exact) mass is 469 g/mol. The largest absolute Gasteiger partial charge is 0.326 e. The summed E-state index contributed by atoms with van der Waals surface area (Å²) in [7, 11) is -3.89. The molecule has 0 aliphatic carbocycles. The Morgan fingerprint density at radius 3 is 2.47 bits per heavy atom. The van der Waals surface area contributed by atoms with Crippen LogP contribution >= 0.6 is 23.2 Å². The summed E-state index contributed by atoms with van der Waals surface area (Å²) in [6, 6.07) is 11.0. The SMILES string of the molecule is CC(=O)Nc1cccc(NC(=O)[C@@H]2CCCN(S(=O)(=O)c3cc(Cl)ccc3Cl)C2)c1. The molecule has 0 spiro atoms. The van der Waals surface area contributed by atoms with E-state index in [9.17, 15) is 18.0 Å². The van der Waals surface area contributed by atoms with Gasteiger partial charge < -0.3 is 10.6 Å². The molecule has 1 aliphatic rings. The Morgan fingerprint density at radius 1 is 1.07 bits per heavy atom. The van der Waals surface area contributed by atoms with E-state index in [0.717, 1.165) is 0 Å². The molecule has 0 saturated carbocycles. The summed E-state index contributed by atoms with van der Waals surface area (Å²) in [5.41, 5.74) is 1.08. The number of nitrogens with zero attached hydrogens (tertiary/aromatic N) is 1. The average molecular weight is 470 g/mol. The molecule has 0 bridgehead atoms. The van der Waals surface area contributed by atoms with E-state index >= 15 is 0 Å². The lowest BCUT2D eigenvalue weighted by atomic mass is 9.98. The van der Waals surface area contributed by atoms with Gasteiger partial charge in [-0.05, 0) is 49.2 Å². The Hall–Kier alpha value is -2.13. The fourth-order valence-electron chi connectivity index (χ4n) is 3.31. The van der Waals surface area contributed by atoms with Crippen molar-refractivity contribution in [1.82, 2.24) is 4.31 Å². The Balaban J connectivity index is 1.73.